The normalized spacial score (nSPS) is 17.1. The Hall–Kier alpha value is -6.33. The van der Waals surface area contributed by atoms with Crippen molar-refractivity contribution in [3.8, 4) is 22.5 Å². The fourth-order valence-electron chi connectivity index (χ4n) is 7.14. The molecule has 0 N–H and O–H groups in total. The van der Waals surface area contributed by atoms with Gasteiger partial charge >= 0.3 is 0 Å². The van der Waals surface area contributed by atoms with Gasteiger partial charge in [-0.2, -0.15) is 0 Å². The van der Waals surface area contributed by atoms with Crippen LogP contribution in [-0.4, -0.2) is 24.9 Å². The van der Waals surface area contributed by atoms with Crippen molar-refractivity contribution in [2.45, 2.75) is 44.9 Å². The molecule has 1 atom stereocenters. The molecular weight excluding hydrogens is 647 g/mol. The quantitative estimate of drug-likeness (QED) is 0.142. The van der Waals surface area contributed by atoms with Crippen LogP contribution in [0.15, 0.2) is 164 Å². The molecule has 0 fully saturated rings. The second kappa shape index (κ2) is 14.7. The summed E-state index contributed by atoms with van der Waals surface area (Å²) in [7, 11) is 0. The zero-order valence-corrected chi connectivity index (χ0v) is 30.2. The summed E-state index contributed by atoms with van der Waals surface area (Å²) >= 11 is 0. The molecule has 0 aliphatic heterocycles. The molecule has 2 aliphatic rings. The molecule has 3 aromatic heterocycles. The van der Waals surface area contributed by atoms with E-state index in [-0.39, 0.29) is 0 Å². The fourth-order valence-corrected chi connectivity index (χ4v) is 7.14. The number of aromatic nitrogens is 5. The van der Waals surface area contributed by atoms with E-state index in [2.05, 4.69) is 141 Å². The van der Waals surface area contributed by atoms with Crippen LogP contribution in [0, 0.1) is 0 Å². The van der Waals surface area contributed by atoms with Crippen molar-refractivity contribution in [2.24, 2.45) is 0 Å². The van der Waals surface area contributed by atoms with Crippen LogP contribution in [-0.2, 0) is 11.8 Å². The molecule has 0 spiro atoms. The summed E-state index contributed by atoms with van der Waals surface area (Å²) < 4.78 is 0. The van der Waals surface area contributed by atoms with E-state index < -0.39 is 5.41 Å². The van der Waals surface area contributed by atoms with E-state index in [4.69, 9.17) is 19.9 Å². The predicted molar refractivity (Wildman–Crippen MR) is 219 cm³/mol. The highest BCUT2D eigenvalue weighted by Crippen LogP contribution is 2.37. The maximum atomic E-state index is 5.15. The SMILES string of the molecule is C=C(/C=C\C(=C/CC)C1=CCCc2cccnc21)c1nc(-c2ccc(-c3cccc4cccnc34)cc2)nc(C2(C)C=CC(c3ccccc3)=CC2)n1. The van der Waals surface area contributed by atoms with Gasteiger partial charge in [-0.3, -0.25) is 9.97 Å². The molecule has 0 radical (unpaired) electrons. The van der Waals surface area contributed by atoms with Crippen molar-refractivity contribution in [1.82, 2.24) is 24.9 Å². The summed E-state index contributed by atoms with van der Waals surface area (Å²) in [4.78, 5) is 24.7. The maximum Gasteiger partial charge on any atom is 0.163 e. The largest absolute Gasteiger partial charge is 0.256 e. The average Bonchev–Trinajstić information content (AvgIpc) is 3.22. The summed E-state index contributed by atoms with van der Waals surface area (Å²) in [5.74, 6) is 1.89. The van der Waals surface area contributed by atoms with Crippen molar-refractivity contribution < 1.29 is 0 Å². The van der Waals surface area contributed by atoms with Crippen LogP contribution in [0.4, 0.5) is 0 Å². The average molecular weight is 688 g/mol. The Morgan fingerprint density at radius 1 is 0.774 bits per heavy atom. The molecule has 258 valence electrons. The topological polar surface area (TPSA) is 64.5 Å². The van der Waals surface area contributed by atoms with Gasteiger partial charge in [0, 0.05) is 45.5 Å². The lowest BCUT2D eigenvalue weighted by molar-refractivity contribution is 0.553. The van der Waals surface area contributed by atoms with E-state index in [9.17, 15) is 0 Å². The van der Waals surface area contributed by atoms with Crippen LogP contribution in [0.2, 0.25) is 0 Å². The molecule has 0 saturated heterocycles. The van der Waals surface area contributed by atoms with E-state index in [1.54, 1.807) is 0 Å². The van der Waals surface area contributed by atoms with Crippen LogP contribution in [0.3, 0.4) is 0 Å². The molecule has 0 amide bonds. The van der Waals surface area contributed by atoms with Gasteiger partial charge in [-0.25, -0.2) is 15.0 Å². The minimum atomic E-state index is -0.432. The number of pyridine rings is 2. The van der Waals surface area contributed by atoms with Crippen LogP contribution >= 0.6 is 0 Å². The van der Waals surface area contributed by atoms with Crippen molar-refractivity contribution in [1.29, 1.82) is 0 Å². The first-order chi connectivity index (χ1) is 26.0. The Labute approximate surface area is 311 Å². The third-order valence-corrected chi connectivity index (χ3v) is 10.1. The lowest BCUT2D eigenvalue weighted by Crippen LogP contribution is -2.25. The number of para-hydroxylation sites is 1. The van der Waals surface area contributed by atoms with E-state index >= 15 is 0 Å². The third kappa shape index (κ3) is 6.98. The number of aryl methyl sites for hydroxylation is 1. The molecule has 2 aliphatic carbocycles. The number of hydrogen-bond donors (Lipinski definition) is 0. The van der Waals surface area contributed by atoms with Gasteiger partial charge in [0.25, 0.3) is 0 Å². The van der Waals surface area contributed by atoms with Gasteiger partial charge in [0.2, 0.25) is 0 Å². The molecule has 0 saturated carbocycles. The lowest BCUT2D eigenvalue weighted by Gasteiger charge is -2.27. The van der Waals surface area contributed by atoms with Crippen LogP contribution in [0.5, 0.6) is 0 Å². The highest BCUT2D eigenvalue weighted by Gasteiger charge is 2.30. The number of nitrogens with zero attached hydrogens (tertiary/aromatic N) is 5. The summed E-state index contributed by atoms with van der Waals surface area (Å²) in [6.07, 6.45) is 22.8. The monoisotopic (exact) mass is 687 g/mol. The number of rotatable bonds is 9. The minimum Gasteiger partial charge on any atom is -0.256 e. The van der Waals surface area contributed by atoms with Crippen molar-refractivity contribution in [3.05, 3.63) is 193 Å². The van der Waals surface area contributed by atoms with E-state index in [1.165, 1.54) is 16.7 Å². The van der Waals surface area contributed by atoms with Crippen LogP contribution in [0.25, 0.3) is 50.1 Å². The van der Waals surface area contributed by atoms with Crippen molar-refractivity contribution in [3.63, 3.8) is 0 Å². The van der Waals surface area contributed by atoms with E-state index in [0.29, 0.717) is 17.5 Å². The summed E-state index contributed by atoms with van der Waals surface area (Å²) in [5.41, 5.74) is 11.4. The Morgan fingerprint density at radius 2 is 1.57 bits per heavy atom. The zero-order chi connectivity index (χ0) is 36.2. The summed E-state index contributed by atoms with van der Waals surface area (Å²) in [6.45, 7) is 8.84. The summed E-state index contributed by atoms with van der Waals surface area (Å²) in [5, 5.41) is 1.11. The van der Waals surface area contributed by atoms with Gasteiger partial charge in [0.05, 0.1) is 11.2 Å². The molecular formula is C48H41N5. The number of allylic oxidation sites excluding steroid dienone is 11. The molecule has 3 aromatic carbocycles. The van der Waals surface area contributed by atoms with Gasteiger partial charge in [0.1, 0.15) is 5.82 Å². The molecule has 5 heteroatoms. The first-order valence-electron chi connectivity index (χ1n) is 18.4. The maximum absolute atomic E-state index is 5.15. The van der Waals surface area contributed by atoms with Crippen molar-refractivity contribution in [2.75, 3.05) is 0 Å². The molecule has 0 bridgehead atoms. The number of hydrogen-bond acceptors (Lipinski definition) is 5. The Morgan fingerprint density at radius 3 is 2.38 bits per heavy atom. The second-order valence-electron chi connectivity index (χ2n) is 13.8. The molecule has 1 unspecified atom stereocenters. The standard InChI is InChI=1S/C48H41N5/c1-4-12-36(41-19-8-15-38-17-10-31-49-43(38)41)22-21-33(2)45-51-46(40-25-23-37(24-26-40)42-20-9-16-39-18-11-32-50-44(39)42)53-47(52-45)48(3)29-27-35(28-30-48)34-13-6-5-7-14-34/h5-7,9-14,16-29,31-32H,2,4,8,15,30H2,1,3H3/b22-21-,36-12+. The van der Waals surface area contributed by atoms with Gasteiger partial charge in [0.15, 0.2) is 11.6 Å². The molecule has 53 heavy (non-hydrogen) atoms. The third-order valence-electron chi connectivity index (χ3n) is 10.1. The first kappa shape index (κ1) is 33.8. The van der Waals surface area contributed by atoms with Crippen LogP contribution in [0.1, 0.15) is 61.6 Å². The fraction of sp³-hybridized carbons (Fsp3) is 0.146. The van der Waals surface area contributed by atoms with Gasteiger partial charge in [-0.05, 0) is 72.6 Å². The Kier molecular flexibility index (Phi) is 9.39. The number of benzene rings is 3. The summed E-state index contributed by atoms with van der Waals surface area (Å²) in [6, 6.07) is 33.5. The molecule has 5 nitrogen and oxygen atoms in total. The van der Waals surface area contributed by atoms with Gasteiger partial charge in [-0.15, -0.1) is 0 Å². The van der Waals surface area contributed by atoms with Crippen molar-refractivity contribution >= 4 is 27.6 Å². The van der Waals surface area contributed by atoms with E-state index in [0.717, 1.165) is 75.7 Å². The molecule has 3 heterocycles. The lowest BCUT2D eigenvalue weighted by atomic mass is 9.80. The number of fused-ring (bicyclic) bond motifs is 2. The molecule has 6 aromatic rings. The Bertz CT molecular complexity index is 2480. The van der Waals surface area contributed by atoms with Crippen LogP contribution < -0.4 is 0 Å². The smallest absolute Gasteiger partial charge is 0.163 e. The van der Waals surface area contributed by atoms with Gasteiger partial charge in [-0.1, -0.05) is 141 Å². The first-order valence-corrected chi connectivity index (χ1v) is 18.4. The second-order valence-corrected chi connectivity index (χ2v) is 13.8. The van der Waals surface area contributed by atoms with E-state index in [1.807, 2.05) is 36.7 Å². The highest BCUT2D eigenvalue weighted by molar-refractivity contribution is 5.93. The minimum absolute atomic E-state index is 0.432. The molecule has 8 rings (SSSR count). The zero-order valence-electron chi connectivity index (χ0n) is 30.2. The Balaban J connectivity index is 1.16. The highest BCUT2D eigenvalue weighted by atomic mass is 15.0. The van der Waals surface area contributed by atoms with Gasteiger partial charge < -0.3 is 0 Å². The predicted octanol–water partition coefficient (Wildman–Crippen LogP) is 11.4.